The van der Waals surface area contributed by atoms with Crippen LogP contribution in [0.2, 0.25) is 0 Å². The molecule has 1 aromatic rings. The number of esters is 2. The highest BCUT2D eigenvalue weighted by Gasteiger charge is 2.34. The van der Waals surface area contributed by atoms with E-state index in [0.29, 0.717) is 22.6 Å². The van der Waals surface area contributed by atoms with Crippen molar-refractivity contribution in [2.24, 2.45) is 0 Å². The fraction of sp³-hybridized carbons (Fsp3) is 0.250. The summed E-state index contributed by atoms with van der Waals surface area (Å²) in [5.74, 6) is -0.0608. The minimum atomic E-state index is -0.641. The molecule has 1 aliphatic heterocycles. The van der Waals surface area contributed by atoms with Crippen LogP contribution in [0, 0.1) is 0 Å². The third kappa shape index (κ3) is 2.97. The third-order valence-corrected chi connectivity index (χ3v) is 3.06. The Balaban J connectivity index is 2.54. The Kier molecular flexibility index (Phi) is 4.12. The molecule has 5 nitrogen and oxygen atoms in total. The quantitative estimate of drug-likeness (QED) is 0.486. The third-order valence-electron chi connectivity index (χ3n) is 3.06. The zero-order valence-electron chi connectivity index (χ0n) is 12.4. The molecule has 0 bridgehead atoms. The summed E-state index contributed by atoms with van der Waals surface area (Å²) in [5, 5.41) is 0. The monoisotopic (exact) mass is 288 g/mol. The molecule has 0 aliphatic carbocycles. The van der Waals surface area contributed by atoms with Crippen molar-refractivity contribution in [3.05, 3.63) is 40.5 Å². The SMILES string of the molecule is COc1cc(C=C2C(=O)OC(=O)C2=C(C)C)cc(OC)c1. The van der Waals surface area contributed by atoms with Gasteiger partial charge in [-0.15, -0.1) is 0 Å². The van der Waals surface area contributed by atoms with Gasteiger partial charge in [0, 0.05) is 6.07 Å². The number of carbonyl (C=O) groups excluding carboxylic acids is 2. The second-order valence-corrected chi connectivity index (χ2v) is 4.76. The first kappa shape index (κ1) is 14.8. The summed E-state index contributed by atoms with van der Waals surface area (Å²) in [4.78, 5) is 23.5. The number of allylic oxidation sites excluding steroid dienone is 1. The molecule has 0 amide bonds. The van der Waals surface area contributed by atoms with Gasteiger partial charge in [0.2, 0.25) is 0 Å². The maximum Gasteiger partial charge on any atom is 0.346 e. The molecule has 1 saturated heterocycles. The molecule has 0 saturated carbocycles. The lowest BCUT2D eigenvalue weighted by Crippen LogP contribution is -1.97. The summed E-state index contributed by atoms with van der Waals surface area (Å²) in [5.41, 5.74) is 1.97. The number of carbonyl (C=O) groups is 2. The Labute approximate surface area is 122 Å². The average molecular weight is 288 g/mol. The molecule has 1 aromatic carbocycles. The predicted octanol–water partition coefficient (Wildman–Crippen LogP) is 2.51. The van der Waals surface area contributed by atoms with E-state index in [1.165, 1.54) is 0 Å². The first-order chi connectivity index (χ1) is 9.96. The highest BCUT2D eigenvalue weighted by atomic mass is 16.6. The van der Waals surface area contributed by atoms with E-state index in [9.17, 15) is 9.59 Å². The Hall–Kier alpha value is -2.56. The van der Waals surface area contributed by atoms with Crippen molar-refractivity contribution in [3.8, 4) is 11.5 Å². The predicted molar refractivity (Wildman–Crippen MR) is 77.0 cm³/mol. The number of hydrogen-bond donors (Lipinski definition) is 0. The van der Waals surface area contributed by atoms with Gasteiger partial charge < -0.3 is 14.2 Å². The minimum Gasteiger partial charge on any atom is -0.497 e. The molecule has 0 unspecified atom stereocenters. The van der Waals surface area contributed by atoms with E-state index in [2.05, 4.69) is 4.74 Å². The van der Waals surface area contributed by atoms with Crippen LogP contribution in [0.3, 0.4) is 0 Å². The Bertz CT molecular complexity index is 641. The van der Waals surface area contributed by atoms with E-state index in [4.69, 9.17) is 9.47 Å². The van der Waals surface area contributed by atoms with Crippen LogP contribution >= 0.6 is 0 Å². The van der Waals surface area contributed by atoms with Crippen molar-refractivity contribution in [1.82, 2.24) is 0 Å². The van der Waals surface area contributed by atoms with Crippen LogP contribution in [-0.4, -0.2) is 26.2 Å². The lowest BCUT2D eigenvalue weighted by Gasteiger charge is -2.06. The van der Waals surface area contributed by atoms with Crippen molar-refractivity contribution in [2.75, 3.05) is 14.2 Å². The lowest BCUT2D eigenvalue weighted by molar-refractivity contribution is -0.149. The minimum absolute atomic E-state index is 0.246. The largest absolute Gasteiger partial charge is 0.497 e. The van der Waals surface area contributed by atoms with Gasteiger partial charge in [-0.2, -0.15) is 0 Å². The maximum absolute atomic E-state index is 11.8. The summed E-state index contributed by atoms with van der Waals surface area (Å²) >= 11 is 0. The average Bonchev–Trinajstić information content (AvgIpc) is 2.72. The molecule has 1 heterocycles. The molecule has 110 valence electrons. The summed E-state index contributed by atoms with van der Waals surface area (Å²) < 4.78 is 15.0. The van der Waals surface area contributed by atoms with E-state index < -0.39 is 11.9 Å². The van der Waals surface area contributed by atoms with Crippen molar-refractivity contribution < 1.29 is 23.8 Å². The van der Waals surface area contributed by atoms with Crippen LogP contribution in [0.1, 0.15) is 19.4 Å². The molecule has 0 aromatic heterocycles. The van der Waals surface area contributed by atoms with Crippen LogP contribution in [0.15, 0.2) is 34.9 Å². The van der Waals surface area contributed by atoms with Crippen molar-refractivity contribution in [1.29, 1.82) is 0 Å². The molecule has 1 fully saturated rings. The lowest BCUT2D eigenvalue weighted by atomic mass is 10.0. The summed E-state index contributed by atoms with van der Waals surface area (Å²) in [6.45, 7) is 3.52. The number of methoxy groups -OCH3 is 2. The van der Waals surface area contributed by atoms with Gasteiger partial charge in [0.15, 0.2) is 0 Å². The standard InChI is InChI=1S/C16H16O5/c1-9(2)14-13(15(17)21-16(14)18)7-10-5-11(19-3)8-12(6-10)20-4/h5-8H,1-4H3. The number of benzene rings is 1. The van der Waals surface area contributed by atoms with Crippen molar-refractivity contribution >= 4 is 18.0 Å². The Morgan fingerprint density at radius 2 is 1.57 bits per heavy atom. The smallest absolute Gasteiger partial charge is 0.346 e. The van der Waals surface area contributed by atoms with E-state index in [1.807, 2.05) is 0 Å². The molecular formula is C16H16O5. The first-order valence-electron chi connectivity index (χ1n) is 6.35. The molecule has 2 rings (SSSR count). The van der Waals surface area contributed by atoms with Gasteiger partial charge in [0.25, 0.3) is 0 Å². The van der Waals surface area contributed by atoms with Gasteiger partial charge in [-0.1, -0.05) is 5.57 Å². The number of ether oxygens (including phenoxy) is 3. The van der Waals surface area contributed by atoms with Crippen LogP contribution in [-0.2, 0) is 14.3 Å². The Morgan fingerprint density at radius 1 is 1.00 bits per heavy atom. The second kappa shape index (κ2) is 5.83. The fourth-order valence-corrected chi connectivity index (χ4v) is 2.09. The van der Waals surface area contributed by atoms with Gasteiger partial charge >= 0.3 is 11.9 Å². The molecule has 0 radical (unpaired) electrons. The molecule has 1 aliphatic rings. The summed E-state index contributed by atoms with van der Waals surface area (Å²) in [7, 11) is 3.08. The summed E-state index contributed by atoms with van der Waals surface area (Å²) in [6, 6.07) is 5.21. The highest BCUT2D eigenvalue weighted by molar-refractivity contribution is 6.20. The van der Waals surface area contributed by atoms with Gasteiger partial charge in [-0.25, -0.2) is 9.59 Å². The number of cyclic esters (lactones) is 2. The van der Waals surface area contributed by atoms with Crippen LogP contribution in [0.4, 0.5) is 0 Å². The van der Waals surface area contributed by atoms with Gasteiger partial charge in [-0.05, 0) is 37.6 Å². The van der Waals surface area contributed by atoms with Crippen LogP contribution < -0.4 is 9.47 Å². The normalized spacial score (nSPS) is 16.2. The van der Waals surface area contributed by atoms with E-state index in [-0.39, 0.29) is 5.57 Å². The van der Waals surface area contributed by atoms with Crippen LogP contribution in [0.5, 0.6) is 11.5 Å². The van der Waals surface area contributed by atoms with Gasteiger partial charge in [-0.3, -0.25) is 0 Å². The molecule has 5 heteroatoms. The highest BCUT2D eigenvalue weighted by Crippen LogP contribution is 2.30. The number of hydrogen-bond acceptors (Lipinski definition) is 5. The molecule has 0 atom stereocenters. The Morgan fingerprint density at radius 3 is 2.05 bits per heavy atom. The van der Waals surface area contributed by atoms with Gasteiger partial charge in [0.05, 0.1) is 25.4 Å². The molecule has 0 spiro atoms. The topological polar surface area (TPSA) is 61.8 Å². The van der Waals surface area contributed by atoms with Gasteiger partial charge in [0.1, 0.15) is 11.5 Å². The summed E-state index contributed by atoms with van der Waals surface area (Å²) in [6.07, 6.45) is 1.60. The van der Waals surface area contributed by atoms with Crippen molar-refractivity contribution in [3.63, 3.8) is 0 Å². The zero-order valence-corrected chi connectivity index (χ0v) is 12.4. The molecule has 0 N–H and O–H groups in total. The first-order valence-corrected chi connectivity index (χ1v) is 6.35. The molecular weight excluding hydrogens is 272 g/mol. The zero-order chi connectivity index (χ0) is 15.6. The fourth-order valence-electron chi connectivity index (χ4n) is 2.09. The maximum atomic E-state index is 11.8. The van der Waals surface area contributed by atoms with E-state index in [0.717, 1.165) is 5.57 Å². The van der Waals surface area contributed by atoms with Crippen LogP contribution in [0.25, 0.3) is 6.08 Å². The number of rotatable bonds is 3. The van der Waals surface area contributed by atoms with E-state index >= 15 is 0 Å². The second-order valence-electron chi connectivity index (χ2n) is 4.76. The van der Waals surface area contributed by atoms with E-state index in [1.54, 1.807) is 52.3 Å². The molecule has 21 heavy (non-hydrogen) atoms. The van der Waals surface area contributed by atoms with Crippen molar-refractivity contribution in [2.45, 2.75) is 13.8 Å².